The summed E-state index contributed by atoms with van der Waals surface area (Å²) in [7, 11) is 0. The first kappa shape index (κ1) is 28.4. The van der Waals surface area contributed by atoms with Crippen molar-refractivity contribution in [3.8, 4) is 55.6 Å². The topological polar surface area (TPSA) is 3.24 Å². The summed E-state index contributed by atoms with van der Waals surface area (Å²) < 4.78 is 75.7. The Morgan fingerprint density at radius 1 is 0.262 bits per heavy atom. The number of fused-ring (bicyclic) bond motifs is 4. The summed E-state index contributed by atoms with van der Waals surface area (Å²) in [6, 6.07) is 62.4. The quantitative estimate of drug-likeness (QED) is 0.139. The van der Waals surface area contributed by atoms with E-state index in [-0.39, 0.29) is 46.7 Å². The molecule has 0 aliphatic rings. The van der Waals surface area contributed by atoms with Crippen LogP contribution < -0.4 is 4.90 Å². The normalized spacial score (nSPS) is 13.1. The molecule has 0 N–H and O–H groups in total. The molecule has 11 aromatic carbocycles. The van der Waals surface area contributed by atoms with E-state index in [1.165, 1.54) is 4.90 Å². The van der Waals surface area contributed by atoms with Crippen molar-refractivity contribution in [1.82, 2.24) is 0 Å². The van der Waals surface area contributed by atoms with Gasteiger partial charge in [0.05, 0.1) is 11.0 Å². The molecule has 0 aliphatic heterocycles. The minimum Gasteiger partial charge on any atom is -0.311 e. The molecule has 0 atom stereocenters. The lowest BCUT2D eigenvalue weighted by molar-refractivity contribution is 1.28. The largest absolute Gasteiger partial charge is 0.311 e. The van der Waals surface area contributed by atoms with E-state index in [0.717, 1.165) is 65.7 Å². The van der Waals surface area contributed by atoms with Crippen LogP contribution in [0.2, 0.25) is 0 Å². The summed E-state index contributed by atoms with van der Waals surface area (Å²) >= 11 is 0. The van der Waals surface area contributed by atoms with Crippen molar-refractivity contribution in [1.29, 1.82) is 0 Å². The average molecular weight is 784 g/mol. The van der Waals surface area contributed by atoms with Crippen molar-refractivity contribution in [3.05, 3.63) is 249 Å². The molecule has 0 heterocycles. The second-order valence-electron chi connectivity index (χ2n) is 15.0. The Balaban J connectivity index is 1.13. The molecule has 0 bridgehead atoms. The second-order valence-corrected chi connectivity index (χ2v) is 15.0. The number of hydrogen-bond donors (Lipinski definition) is 0. The van der Waals surface area contributed by atoms with E-state index in [4.69, 9.17) is 0 Å². The van der Waals surface area contributed by atoms with Crippen LogP contribution in [0.15, 0.2) is 249 Å². The van der Waals surface area contributed by atoms with Crippen LogP contribution in [0.25, 0.3) is 88.0 Å². The van der Waals surface area contributed by atoms with Crippen molar-refractivity contribution < 1.29 is 11.0 Å². The van der Waals surface area contributed by atoms with Crippen LogP contribution in [0, 0.1) is 0 Å². The minimum atomic E-state index is -0.392. The first-order valence-electron chi connectivity index (χ1n) is 24.4. The average Bonchev–Trinajstić information content (AvgIpc) is 3.40. The third kappa shape index (κ3) is 6.73. The molecule has 0 aromatic heterocycles. The van der Waals surface area contributed by atoms with Crippen LogP contribution in [-0.4, -0.2) is 0 Å². The molecular weight excluding hydrogens is 735 g/mol. The highest BCUT2D eigenvalue weighted by molar-refractivity contribution is 6.22. The lowest BCUT2D eigenvalue weighted by Gasteiger charge is -2.26. The molecule has 0 fully saturated rings. The highest BCUT2D eigenvalue weighted by atomic mass is 15.1. The van der Waals surface area contributed by atoms with Crippen LogP contribution in [0.4, 0.5) is 17.1 Å². The van der Waals surface area contributed by atoms with Crippen LogP contribution in [0.5, 0.6) is 0 Å². The van der Waals surface area contributed by atoms with E-state index in [9.17, 15) is 11.0 Å². The van der Waals surface area contributed by atoms with Gasteiger partial charge in [-0.1, -0.05) is 206 Å². The Hall–Kier alpha value is -8.00. The summed E-state index contributed by atoms with van der Waals surface area (Å²) in [6.07, 6.45) is 0. The maximum atomic E-state index is 9.62. The van der Waals surface area contributed by atoms with Crippen LogP contribution in [-0.2, 0) is 0 Å². The van der Waals surface area contributed by atoms with E-state index in [1.54, 1.807) is 42.5 Å². The van der Waals surface area contributed by atoms with Crippen molar-refractivity contribution >= 4 is 49.4 Å². The first-order chi connectivity index (χ1) is 33.6. The van der Waals surface area contributed by atoms with Crippen LogP contribution in [0.3, 0.4) is 0 Å². The molecule has 0 unspecified atom stereocenters. The molecule has 0 radical (unpaired) electrons. The van der Waals surface area contributed by atoms with Gasteiger partial charge in [-0.15, -0.1) is 0 Å². The SMILES string of the molecule is [2H]c1c([2H])c(N(c2ccc(-c3ccc4c(c3)c(-c3ccccc3)c(-c3ccccc3)c3ccccc34)cc2)c2c([2H])c([2H])c(-c3cccc4ccccc34)c([2H])c2[2H])c([2H])c([2H])c1-c1ccccc1. The minimum absolute atomic E-state index is 0.116. The highest BCUT2D eigenvalue weighted by Gasteiger charge is 2.19. The van der Waals surface area contributed by atoms with E-state index >= 15 is 0 Å². The molecule has 286 valence electrons. The molecule has 61 heavy (non-hydrogen) atoms. The molecule has 11 aromatic rings. The summed E-state index contributed by atoms with van der Waals surface area (Å²) in [5, 5.41) is 6.11. The van der Waals surface area contributed by atoms with Gasteiger partial charge in [-0.05, 0) is 130 Å². The zero-order valence-electron chi connectivity index (χ0n) is 41.0. The van der Waals surface area contributed by atoms with E-state index in [1.807, 2.05) is 66.7 Å². The molecule has 0 saturated carbocycles. The van der Waals surface area contributed by atoms with Gasteiger partial charge < -0.3 is 4.90 Å². The molecular formula is C60H41N. The van der Waals surface area contributed by atoms with Gasteiger partial charge in [0.25, 0.3) is 0 Å². The maximum Gasteiger partial charge on any atom is 0.0645 e. The molecule has 0 aliphatic carbocycles. The lowest BCUT2D eigenvalue weighted by Crippen LogP contribution is -2.09. The van der Waals surface area contributed by atoms with Gasteiger partial charge in [0.2, 0.25) is 0 Å². The van der Waals surface area contributed by atoms with Gasteiger partial charge in [-0.3, -0.25) is 0 Å². The van der Waals surface area contributed by atoms with Crippen LogP contribution in [0.1, 0.15) is 11.0 Å². The monoisotopic (exact) mass is 783 g/mol. The Morgan fingerprint density at radius 2 is 0.721 bits per heavy atom. The lowest BCUT2D eigenvalue weighted by atomic mass is 9.84. The van der Waals surface area contributed by atoms with Crippen molar-refractivity contribution in [3.63, 3.8) is 0 Å². The van der Waals surface area contributed by atoms with Crippen LogP contribution >= 0.6 is 0 Å². The third-order valence-electron chi connectivity index (χ3n) is 11.4. The summed E-state index contributed by atoms with van der Waals surface area (Å²) in [6.45, 7) is 0. The fourth-order valence-electron chi connectivity index (χ4n) is 8.52. The Kier molecular flexibility index (Phi) is 7.29. The number of benzene rings is 11. The predicted octanol–water partition coefficient (Wildman–Crippen LogP) is 17.0. The predicted molar refractivity (Wildman–Crippen MR) is 261 cm³/mol. The number of nitrogens with zero attached hydrogens (tertiary/aromatic N) is 1. The Labute approximate surface area is 368 Å². The van der Waals surface area contributed by atoms with Gasteiger partial charge in [0.1, 0.15) is 0 Å². The van der Waals surface area contributed by atoms with E-state index in [0.29, 0.717) is 16.8 Å². The van der Waals surface area contributed by atoms with Crippen molar-refractivity contribution in [2.75, 3.05) is 4.90 Å². The number of rotatable bonds is 8. The summed E-state index contributed by atoms with van der Waals surface area (Å²) in [4.78, 5) is 1.36. The zero-order valence-corrected chi connectivity index (χ0v) is 33.0. The van der Waals surface area contributed by atoms with Gasteiger partial charge in [0.15, 0.2) is 0 Å². The second kappa shape index (κ2) is 15.6. The number of hydrogen-bond acceptors (Lipinski definition) is 1. The summed E-state index contributed by atoms with van der Waals surface area (Å²) in [5.74, 6) is 0. The number of anilines is 3. The fourth-order valence-corrected chi connectivity index (χ4v) is 8.52. The van der Waals surface area contributed by atoms with Gasteiger partial charge in [-0.25, -0.2) is 0 Å². The zero-order chi connectivity index (χ0) is 47.5. The van der Waals surface area contributed by atoms with E-state index in [2.05, 4.69) is 91.0 Å². The first-order valence-corrected chi connectivity index (χ1v) is 20.4. The standard InChI is InChI=1S/C60H41N/c1-4-15-42(16-5-1)43-27-34-50(35-28-43)61(52-38-31-46(32-39-52)54-26-14-22-45-17-10-11-23-53(45)54)51-36-29-44(30-37-51)49-33-40-56-55-24-12-13-25-57(55)59(47-18-6-2-7-19-47)60(58(56)41-49)48-20-8-3-9-21-48/h1-41H/i27D,28D,31D,32D,34D,35D,38D,39D. The van der Waals surface area contributed by atoms with Gasteiger partial charge in [0, 0.05) is 17.1 Å². The van der Waals surface area contributed by atoms with Gasteiger partial charge >= 0.3 is 0 Å². The van der Waals surface area contributed by atoms with Crippen molar-refractivity contribution in [2.45, 2.75) is 0 Å². The molecule has 1 nitrogen and oxygen atoms in total. The smallest absolute Gasteiger partial charge is 0.0645 e. The van der Waals surface area contributed by atoms with Gasteiger partial charge in [-0.2, -0.15) is 0 Å². The Morgan fingerprint density at radius 3 is 1.36 bits per heavy atom. The molecule has 0 amide bonds. The summed E-state index contributed by atoms with van der Waals surface area (Å²) in [5.41, 5.74) is 7.42. The highest BCUT2D eigenvalue weighted by Crippen LogP contribution is 2.46. The Bertz CT molecular complexity index is 3740. The van der Waals surface area contributed by atoms with Crippen molar-refractivity contribution in [2.24, 2.45) is 0 Å². The molecule has 0 spiro atoms. The third-order valence-corrected chi connectivity index (χ3v) is 11.4. The van der Waals surface area contributed by atoms with E-state index < -0.39 is 24.2 Å². The molecule has 0 saturated heterocycles. The molecule has 11 rings (SSSR count). The molecule has 1 heteroatoms. The maximum absolute atomic E-state index is 9.62. The fraction of sp³-hybridized carbons (Fsp3) is 0.